The van der Waals surface area contributed by atoms with Crippen molar-refractivity contribution in [1.29, 1.82) is 0 Å². The first-order valence-electron chi connectivity index (χ1n) is 6.57. The summed E-state index contributed by atoms with van der Waals surface area (Å²) in [5, 5.41) is 4.01. The lowest BCUT2D eigenvalue weighted by Crippen LogP contribution is -2.11. The van der Waals surface area contributed by atoms with Gasteiger partial charge >= 0.3 is 0 Å². The van der Waals surface area contributed by atoms with Gasteiger partial charge in [0.2, 0.25) is 5.89 Å². The molecule has 0 aliphatic heterocycles. The van der Waals surface area contributed by atoms with Crippen LogP contribution < -0.4 is 5.73 Å². The van der Waals surface area contributed by atoms with Crippen molar-refractivity contribution in [2.75, 3.05) is 6.54 Å². The molecular formula is C14H18BrN3OS. The molecule has 2 rings (SSSR count). The molecule has 0 aliphatic rings. The Hall–Kier alpha value is -0.850. The van der Waals surface area contributed by atoms with Crippen molar-refractivity contribution in [1.82, 2.24) is 10.1 Å². The third-order valence-corrected chi connectivity index (χ3v) is 4.48. The normalized spacial score (nSPS) is 12.6. The largest absolute Gasteiger partial charge is 0.339 e. The number of nitrogens with zero attached hydrogens (tertiary/aromatic N) is 2. The number of benzene rings is 1. The summed E-state index contributed by atoms with van der Waals surface area (Å²) in [7, 11) is 0. The molecule has 1 aromatic carbocycles. The highest BCUT2D eigenvalue weighted by atomic mass is 79.9. The quantitative estimate of drug-likeness (QED) is 0.767. The van der Waals surface area contributed by atoms with Crippen molar-refractivity contribution < 1.29 is 4.52 Å². The molecule has 0 amide bonds. The van der Waals surface area contributed by atoms with Crippen LogP contribution in [0.1, 0.15) is 25.1 Å². The van der Waals surface area contributed by atoms with Crippen LogP contribution in [0.3, 0.4) is 0 Å². The van der Waals surface area contributed by atoms with Crippen molar-refractivity contribution in [3.63, 3.8) is 0 Å². The smallest absolute Gasteiger partial charge is 0.226 e. The average Bonchev–Trinajstić information content (AvgIpc) is 2.92. The summed E-state index contributed by atoms with van der Waals surface area (Å²) in [6.45, 7) is 2.82. The van der Waals surface area contributed by atoms with Gasteiger partial charge < -0.3 is 10.3 Å². The van der Waals surface area contributed by atoms with Gasteiger partial charge in [0, 0.05) is 15.8 Å². The molecule has 20 heavy (non-hydrogen) atoms. The monoisotopic (exact) mass is 355 g/mol. The number of nitrogens with two attached hydrogens (primary N) is 1. The third-order valence-electron chi connectivity index (χ3n) is 2.95. The average molecular weight is 356 g/mol. The second-order valence-electron chi connectivity index (χ2n) is 4.73. The maximum absolute atomic E-state index is 5.59. The van der Waals surface area contributed by atoms with Gasteiger partial charge in [0.1, 0.15) is 0 Å². The number of hydrogen-bond acceptors (Lipinski definition) is 5. The zero-order valence-electron chi connectivity index (χ0n) is 11.4. The Morgan fingerprint density at radius 3 is 2.80 bits per heavy atom. The van der Waals surface area contributed by atoms with E-state index in [9.17, 15) is 0 Å². The molecule has 6 heteroatoms. The lowest BCUT2D eigenvalue weighted by Gasteiger charge is -2.03. The van der Waals surface area contributed by atoms with Crippen LogP contribution in [-0.2, 0) is 12.2 Å². The van der Waals surface area contributed by atoms with E-state index in [0.717, 1.165) is 28.9 Å². The molecule has 1 atom stereocenters. The molecule has 2 aromatic rings. The van der Waals surface area contributed by atoms with Crippen molar-refractivity contribution in [3.05, 3.63) is 40.5 Å². The van der Waals surface area contributed by atoms with Crippen LogP contribution in [-0.4, -0.2) is 16.7 Å². The van der Waals surface area contributed by atoms with Crippen molar-refractivity contribution in [2.24, 2.45) is 11.7 Å². The van der Waals surface area contributed by atoms with E-state index in [0.29, 0.717) is 18.4 Å². The van der Waals surface area contributed by atoms with E-state index in [1.807, 2.05) is 12.1 Å². The Labute approximate surface area is 131 Å². The molecule has 0 radical (unpaired) electrons. The van der Waals surface area contributed by atoms with Crippen molar-refractivity contribution in [2.45, 2.75) is 30.4 Å². The first-order valence-corrected chi connectivity index (χ1v) is 8.35. The fourth-order valence-corrected chi connectivity index (χ4v) is 2.62. The minimum absolute atomic E-state index is 0.488. The molecule has 108 valence electrons. The number of aryl methyl sites for hydroxylation is 1. The topological polar surface area (TPSA) is 64.9 Å². The van der Waals surface area contributed by atoms with Crippen molar-refractivity contribution >= 4 is 27.7 Å². The fraction of sp³-hybridized carbons (Fsp3) is 0.429. The molecule has 0 fully saturated rings. The van der Waals surface area contributed by atoms with E-state index in [4.69, 9.17) is 10.3 Å². The minimum Gasteiger partial charge on any atom is -0.339 e. The number of thioether (sulfide) groups is 1. The Morgan fingerprint density at radius 2 is 2.10 bits per heavy atom. The summed E-state index contributed by atoms with van der Waals surface area (Å²) in [6.07, 6.45) is 1.78. The fourth-order valence-electron chi connectivity index (χ4n) is 1.62. The molecule has 0 bridgehead atoms. The Morgan fingerprint density at radius 1 is 1.35 bits per heavy atom. The highest BCUT2D eigenvalue weighted by molar-refractivity contribution is 9.10. The first-order chi connectivity index (χ1) is 9.67. The van der Waals surface area contributed by atoms with Gasteiger partial charge in [0.25, 0.3) is 0 Å². The van der Waals surface area contributed by atoms with Crippen LogP contribution in [0.2, 0.25) is 0 Å². The molecule has 0 aliphatic carbocycles. The van der Waals surface area contributed by atoms with Crippen LogP contribution >= 0.6 is 27.7 Å². The van der Waals surface area contributed by atoms with Gasteiger partial charge in [-0.05, 0) is 43.1 Å². The zero-order chi connectivity index (χ0) is 14.4. The SMILES string of the molecule is CC(CN)CCc1nc(CSc2ccc(Br)cc2)no1. The molecule has 0 saturated carbocycles. The highest BCUT2D eigenvalue weighted by Gasteiger charge is 2.08. The van der Waals surface area contributed by atoms with Gasteiger partial charge in [-0.3, -0.25) is 0 Å². The molecule has 4 nitrogen and oxygen atoms in total. The molecular weight excluding hydrogens is 338 g/mol. The summed E-state index contributed by atoms with van der Waals surface area (Å²) in [6, 6.07) is 8.19. The van der Waals surface area contributed by atoms with Crippen LogP contribution in [0.5, 0.6) is 0 Å². The van der Waals surface area contributed by atoms with E-state index in [1.165, 1.54) is 4.90 Å². The van der Waals surface area contributed by atoms with Gasteiger partial charge in [-0.1, -0.05) is 28.0 Å². The van der Waals surface area contributed by atoms with E-state index in [2.05, 4.69) is 45.1 Å². The highest BCUT2D eigenvalue weighted by Crippen LogP contribution is 2.23. The Kier molecular flexibility index (Phi) is 6.06. The number of aromatic nitrogens is 2. The molecule has 0 saturated heterocycles. The number of hydrogen-bond donors (Lipinski definition) is 1. The number of rotatable bonds is 7. The standard InChI is InChI=1S/C14H18BrN3OS/c1-10(8-16)2-7-14-17-13(18-19-14)9-20-12-5-3-11(15)4-6-12/h3-6,10H,2,7-9,16H2,1H3. The van der Waals surface area contributed by atoms with Gasteiger partial charge in [0.05, 0.1) is 5.75 Å². The molecule has 0 spiro atoms. The van der Waals surface area contributed by atoms with Crippen LogP contribution in [0.15, 0.2) is 38.2 Å². The molecule has 1 aromatic heterocycles. The Balaban J connectivity index is 1.82. The van der Waals surface area contributed by atoms with Crippen LogP contribution in [0, 0.1) is 5.92 Å². The van der Waals surface area contributed by atoms with Crippen molar-refractivity contribution in [3.8, 4) is 0 Å². The maximum atomic E-state index is 5.59. The number of halogens is 1. The summed E-state index contributed by atoms with van der Waals surface area (Å²) in [4.78, 5) is 5.59. The summed E-state index contributed by atoms with van der Waals surface area (Å²) in [5.74, 6) is 2.66. The maximum Gasteiger partial charge on any atom is 0.226 e. The summed E-state index contributed by atoms with van der Waals surface area (Å²) in [5.41, 5.74) is 5.59. The van der Waals surface area contributed by atoms with Crippen LogP contribution in [0.25, 0.3) is 0 Å². The lowest BCUT2D eigenvalue weighted by molar-refractivity contribution is 0.362. The molecule has 1 unspecified atom stereocenters. The lowest BCUT2D eigenvalue weighted by atomic mass is 10.1. The summed E-state index contributed by atoms with van der Waals surface area (Å²) >= 11 is 5.12. The zero-order valence-corrected chi connectivity index (χ0v) is 13.8. The minimum atomic E-state index is 0.488. The van der Waals surface area contributed by atoms with Gasteiger partial charge in [-0.25, -0.2) is 0 Å². The predicted molar refractivity (Wildman–Crippen MR) is 84.5 cm³/mol. The second-order valence-corrected chi connectivity index (χ2v) is 6.69. The summed E-state index contributed by atoms with van der Waals surface area (Å²) < 4.78 is 6.33. The van der Waals surface area contributed by atoms with E-state index < -0.39 is 0 Å². The third kappa shape index (κ3) is 4.92. The van der Waals surface area contributed by atoms with E-state index in [-0.39, 0.29) is 0 Å². The predicted octanol–water partition coefficient (Wildman–Crippen LogP) is 3.65. The first kappa shape index (κ1) is 15.5. The molecule has 2 N–H and O–H groups in total. The van der Waals surface area contributed by atoms with Gasteiger partial charge in [0.15, 0.2) is 5.82 Å². The molecule has 1 heterocycles. The van der Waals surface area contributed by atoms with E-state index in [1.54, 1.807) is 11.8 Å². The van der Waals surface area contributed by atoms with Gasteiger partial charge in [-0.2, -0.15) is 4.98 Å². The Bertz CT molecular complexity index is 529. The van der Waals surface area contributed by atoms with E-state index >= 15 is 0 Å². The second kappa shape index (κ2) is 7.81. The van der Waals surface area contributed by atoms with Crippen LogP contribution in [0.4, 0.5) is 0 Å². The van der Waals surface area contributed by atoms with Gasteiger partial charge in [-0.15, -0.1) is 11.8 Å².